The first-order valence-corrected chi connectivity index (χ1v) is 12.2. The summed E-state index contributed by atoms with van der Waals surface area (Å²) in [5, 5.41) is 21.2. The lowest BCUT2D eigenvalue weighted by atomic mass is 9.71. The van der Waals surface area contributed by atoms with E-state index in [1.807, 2.05) is 24.3 Å². The molecule has 3 aliphatic rings. The van der Waals surface area contributed by atoms with Crippen molar-refractivity contribution in [3.63, 3.8) is 0 Å². The summed E-state index contributed by atoms with van der Waals surface area (Å²) in [6.07, 6.45) is 1.64. The number of aliphatic hydroxyl groups is 1. The number of ether oxygens (including phenoxy) is 1. The SMILES string of the molecule is O=C(O)CN(CCO)C(=O)C1C[C@@H]2C[C@H](NC(=O)OCC3c4ccccc4-c4ccccc43)[C@@H]2C1. The molecule has 2 amide bonds. The van der Waals surface area contributed by atoms with Crippen LogP contribution < -0.4 is 5.32 Å². The molecule has 35 heavy (non-hydrogen) atoms. The highest BCUT2D eigenvalue weighted by Gasteiger charge is 2.50. The lowest BCUT2D eigenvalue weighted by molar-refractivity contribution is -0.146. The molecule has 0 saturated heterocycles. The molecule has 184 valence electrons. The maximum absolute atomic E-state index is 12.8. The maximum Gasteiger partial charge on any atom is 0.407 e. The second kappa shape index (κ2) is 9.70. The van der Waals surface area contributed by atoms with Gasteiger partial charge in [-0.2, -0.15) is 0 Å². The fraction of sp³-hybridized carbons (Fsp3) is 0.444. The Morgan fingerprint density at radius 2 is 1.63 bits per heavy atom. The van der Waals surface area contributed by atoms with E-state index >= 15 is 0 Å². The molecule has 2 aromatic carbocycles. The molecule has 8 nitrogen and oxygen atoms in total. The van der Waals surface area contributed by atoms with Crippen LogP contribution in [0.25, 0.3) is 11.1 Å². The number of rotatable bonds is 8. The van der Waals surface area contributed by atoms with Crippen molar-refractivity contribution in [1.82, 2.24) is 10.2 Å². The number of fused-ring (bicyclic) bond motifs is 4. The van der Waals surface area contributed by atoms with E-state index in [9.17, 15) is 19.5 Å². The van der Waals surface area contributed by atoms with E-state index in [0.717, 1.165) is 17.5 Å². The van der Waals surface area contributed by atoms with Crippen LogP contribution in [0.15, 0.2) is 48.5 Å². The third-order valence-corrected chi connectivity index (χ3v) is 7.83. The largest absolute Gasteiger partial charge is 0.480 e. The normalized spacial score (nSPS) is 24.0. The van der Waals surface area contributed by atoms with Crippen LogP contribution in [0.1, 0.15) is 36.3 Å². The van der Waals surface area contributed by atoms with Crippen LogP contribution in [-0.2, 0) is 14.3 Å². The van der Waals surface area contributed by atoms with Gasteiger partial charge in [0.2, 0.25) is 5.91 Å². The third-order valence-electron chi connectivity index (χ3n) is 7.83. The van der Waals surface area contributed by atoms with E-state index in [1.165, 1.54) is 16.0 Å². The van der Waals surface area contributed by atoms with Crippen LogP contribution in [0.2, 0.25) is 0 Å². The predicted octanol–water partition coefficient (Wildman–Crippen LogP) is 2.85. The van der Waals surface area contributed by atoms with E-state index in [2.05, 4.69) is 29.6 Å². The van der Waals surface area contributed by atoms with Gasteiger partial charge in [-0.3, -0.25) is 9.59 Å². The first kappa shape index (κ1) is 23.4. The zero-order chi connectivity index (χ0) is 24.5. The number of nitrogens with zero attached hydrogens (tertiary/aromatic N) is 1. The summed E-state index contributed by atoms with van der Waals surface area (Å²) in [6.45, 7) is -0.414. The lowest BCUT2D eigenvalue weighted by Gasteiger charge is -2.40. The Morgan fingerprint density at radius 3 is 2.26 bits per heavy atom. The molecule has 0 aromatic heterocycles. The number of nitrogens with one attached hydrogen (secondary N) is 1. The van der Waals surface area contributed by atoms with Crippen molar-refractivity contribution in [3.8, 4) is 11.1 Å². The summed E-state index contributed by atoms with van der Waals surface area (Å²) >= 11 is 0. The fourth-order valence-electron chi connectivity index (χ4n) is 6.19. The van der Waals surface area contributed by atoms with Gasteiger partial charge in [0.05, 0.1) is 6.61 Å². The molecular formula is C27H30N2O6. The number of hydrogen-bond donors (Lipinski definition) is 3. The molecular weight excluding hydrogens is 448 g/mol. The van der Waals surface area contributed by atoms with Gasteiger partial charge in [0.15, 0.2) is 0 Å². The molecule has 8 heteroatoms. The number of aliphatic carboxylic acids is 1. The number of carbonyl (C=O) groups is 3. The van der Waals surface area contributed by atoms with E-state index < -0.39 is 18.6 Å². The summed E-state index contributed by atoms with van der Waals surface area (Å²) in [6, 6.07) is 16.3. The third kappa shape index (κ3) is 4.50. The van der Waals surface area contributed by atoms with Crippen LogP contribution in [0, 0.1) is 17.8 Å². The zero-order valence-electron chi connectivity index (χ0n) is 19.4. The number of alkyl carbamates (subject to hydrolysis) is 1. The van der Waals surface area contributed by atoms with Crippen LogP contribution in [0.4, 0.5) is 4.79 Å². The highest BCUT2D eigenvalue weighted by molar-refractivity contribution is 5.83. The first-order valence-electron chi connectivity index (χ1n) is 12.2. The summed E-state index contributed by atoms with van der Waals surface area (Å²) in [5.41, 5.74) is 4.68. The van der Waals surface area contributed by atoms with Gasteiger partial charge in [-0.15, -0.1) is 0 Å². The molecule has 2 fully saturated rings. The van der Waals surface area contributed by atoms with Gasteiger partial charge in [0, 0.05) is 24.4 Å². The van der Waals surface area contributed by atoms with E-state index in [1.54, 1.807) is 0 Å². The van der Waals surface area contributed by atoms with Crippen molar-refractivity contribution in [3.05, 3.63) is 59.7 Å². The number of benzene rings is 2. The Balaban J connectivity index is 1.15. The minimum absolute atomic E-state index is 0.00233. The molecule has 1 unspecified atom stereocenters. The van der Waals surface area contributed by atoms with Crippen LogP contribution >= 0.6 is 0 Å². The molecule has 2 saturated carbocycles. The van der Waals surface area contributed by atoms with Crippen LogP contribution in [-0.4, -0.2) is 65.4 Å². The zero-order valence-corrected chi connectivity index (χ0v) is 19.4. The Labute approximate surface area is 203 Å². The molecule has 0 radical (unpaired) electrons. The standard InChI is InChI=1S/C27H30N2O6/c30-10-9-29(14-25(31)32)26(33)17-11-16-13-24(22(16)12-17)28-27(34)35-15-23-20-7-3-1-5-18(20)19-6-2-4-8-21(19)23/h1-8,16-17,22-24,30H,9-15H2,(H,28,34)(H,31,32)/t16-,17?,22-,24+/m1/s1. The van der Waals surface area contributed by atoms with Gasteiger partial charge in [-0.05, 0) is 53.4 Å². The Morgan fingerprint density at radius 1 is 0.971 bits per heavy atom. The van der Waals surface area contributed by atoms with Crippen LogP contribution in [0.5, 0.6) is 0 Å². The first-order chi connectivity index (χ1) is 17.0. The fourth-order valence-corrected chi connectivity index (χ4v) is 6.19. The molecule has 4 atom stereocenters. The number of carboxylic acids is 1. The lowest BCUT2D eigenvalue weighted by Crippen LogP contribution is -2.50. The summed E-state index contributed by atoms with van der Waals surface area (Å²) in [7, 11) is 0. The highest BCUT2D eigenvalue weighted by Crippen LogP contribution is 2.50. The van der Waals surface area contributed by atoms with Crippen molar-refractivity contribution in [2.24, 2.45) is 17.8 Å². The molecule has 0 bridgehead atoms. The van der Waals surface area contributed by atoms with Gasteiger partial charge >= 0.3 is 12.1 Å². The minimum Gasteiger partial charge on any atom is -0.480 e. The number of aliphatic hydroxyl groups excluding tert-OH is 1. The average Bonchev–Trinajstić information content (AvgIpc) is 3.35. The summed E-state index contributed by atoms with van der Waals surface area (Å²) in [5.74, 6) is -1.07. The van der Waals surface area contributed by atoms with Crippen molar-refractivity contribution in [1.29, 1.82) is 0 Å². The molecule has 0 heterocycles. The monoisotopic (exact) mass is 478 g/mol. The van der Waals surface area contributed by atoms with Crippen molar-refractivity contribution < 1.29 is 29.3 Å². The van der Waals surface area contributed by atoms with Gasteiger partial charge in [0.25, 0.3) is 0 Å². The Hall–Kier alpha value is -3.39. The number of carboxylic acid groups (broad SMARTS) is 1. The van der Waals surface area contributed by atoms with E-state index in [4.69, 9.17) is 9.84 Å². The highest BCUT2D eigenvalue weighted by atomic mass is 16.5. The quantitative estimate of drug-likeness (QED) is 0.537. The minimum atomic E-state index is -1.09. The molecule has 3 aliphatic carbocycles. The van der Waals surface area contributed by atoms with E-state index in [-0.39, 0.29) is 49.5 Å². The number of amides is 2. The smallest absolute Gasteiger partial charge is 0.407 e. The molecule has 2 aromatic rings. The molecule has 0 spiro atoms. The maximum atomic E-state index is 12.8. The van der Waals surface area contributed by atoms with Crippen molar-refractivity contribution in [2.75, 3.05) is 26.3 Å². The number of hydrogen-bond acceptors (Lipinski definition) is 5. The van der Waals surface area contributed by atoms with Gasteiger partial charge in [-0.25, -0.2) is 4.79 Å². The molecule has 0 aliphatic heterocycles. The molecule has 3 N–H and O–H groups in total. The second-order valence-corrected chi connectivity index (χ2v) is 9.78. The topological polar surface area (TPSA) is 116 Å². The Bertz CT molecular complexity index is 1090. The summed E-state index contributed by atoms with van der Waals surface area (Å²) in [4.78, 5) is 37.7. The van der Waals surface area contributed by atoms with Crippen molar-refractivity contribution in [2.45, 2.75) is 31.2 Å². The Kier molecular flexibility index (Phi) is 6.47. The summed E-state index contributed by atoms with van der Waals surface area (Å²) < 4.78 is 5.66. The predicted molar refractivity (Wildman–Crippen MR) is 128 cm³/mol. The van der Waals surface area contributed by atoms with Gasteiger partial charge < -0.3 is 25.2 Å². The van der Waals surface area contributed by atoms with Crippen molar-refractivity contribution >= 4 is 18.0 Å². The van der Waals surface area contributed by atoms with E-state index in [0.29, 0.717) is 18.8 Å². The average molecular weight is 479 g/mol. The second-order valence-electron chi connectivity index (χ2n) is 9.78. The van der Waals surface area contributed by atoms with Gasteiger partial charge in [-0.1, -0.05) is 48.5 Å². The van der Waals surface area contributed by atoms with Crippen LogP contribution in [0.3, 0.4) is 0 Å². The van der Waals surface area contributed by atoms with Gasteiger partial charge in [0.1, 0.15) is 13.2 Å². The number of carbonyl (C=O) groups excluding carboxylic acids is 2. The molecule has 5 rings (SSSR count).